The first-order valence-corrected chi connectivity index (χ1v) is 12.4. The summed E-state index contributed by atoms with van der Waals surface area (Å²) in [5.74, 6) is -0.0182. The van der Waals surface area contributed by atoms with Crippen LogP contribution in [0.15, 0.2) is 54.9 Å². The molecule has 1 heterocycles. The summed E-state index contributed by atoms with van der Waals surface area (Å²) < 4.78 is 39.1. The van der Waals surface area contributed by atoms with Crippen molar-refractivity contribution in [3.05, 3.63) is 88.2 Å². The van der Waals surface area contributed by atoms with Gasteiger partial charge in [-0.1, -0.05) is 17.7 Å². The van der Waals surface area contributed by atoms with E-state index < -0.39 is 11.6 Å². The fourth-order valence-corrected chi connectivity index (χ4v) is 4.16. The van der Waals surface area contributed by atoms with Gasteiger partial charge in [-0.3, -0.25) is 4.79 Å². The van der Waals surface area contributed by atoms with Gasteiger partial charge < -0.3 is 14.3 Å². The quantitative estimate of drug-likeness (QED) is 0.196. The highest BCUT2D eigenvalue weighted by atomic mass is 35.5. The zero-order chi connectivity index (χ0) is 27.2. The van der Waals surface area contributed by atoms with E-state index in [0.717, 1.165) is 23.8 Å². The van der Waals surface area contributed by atoms with E-state index >= 15 is 0 Å². The number of ketones is 2. The van der Waals surface area contributed by atoms with Crippen LogP contribution in [0.2, 0.25) is 5.02 Å². The van der Waals surface area contributed by atoms with Gasteiger partial charge in [0.25, 0.3) is 0 Å². The number of nitrogens with zero attached hydrogens (tertiary/aromatic N) is 2. The Morgan fingerprint density at radius 3 is 2.53 bits per heavy atom. The molecular weight excluding hydrogens is 514 g/mol. The van der Waals surface area contributed by atoms with Crippen LogP contribution < -0.4 is 9.47 Å². The van der Waals surface area contributed by atoms with Gasteiger partial charge in [0.1, 0.15) is 41.0 Å². The minimum atomic E-state index is -0.631. The third-order valence-electron chi connectivity index (χ3n) is 5.85. The van der Waals surface area contributed by atoms with Crippen molar-refractivity contribution in [2.45, 2.75) is 39.5 Å². The van der Waals surface area contributed by atoms with Gasteiger partial charge >= 0.3 is 0 Å². The van der Waals surface area contributed by atoms with Crippen LogP contribution in [0.3, 0.4) is 0 Å². The number of carbonyl (C=O) groups excluding carboxylic acids is 2. The standard InChI is InChI=1S/C29H25ClF2N2O4/c1-17-10-24-27(15-28(17)37-9-3-4-18(2)35)33-16-34-29(24)38-23-7-5-19(25(30)14-23)12-22(36)13-20-11-21(31)6-8-26(20)32/h5-8,10-11,14-16H,3-4,9,12-13H2,1-2H3. The third-order valence-corrected chi connectivity index (χ3v) is 6.20. The van der Waals surface area contributed by atoms with E-state index in [0.29, 0.717) is 58.3 Å². The van der Waals surface area contributed by atoms with Crippen molar-refractivity contribution in [2.24, 2.45) is 0 Å². The molecule has 9 heteroatoms. The molecule has 0 radical (unpaired) electrons. The lowest BCUT2D eigenvalue weighted by atomic mass is 10.0. The molecule has 1 aromatic heterocycles. The Bertz CT molecular complexity index is 1510. The molecule has 0 aliphatic heterocycles. The van der Waals surface area contributed by atoms with Crippen molar-refractivity contribution in [1.29, 1.82) is 0 Å². The van der Waals surface area contributed by atoms with Gasteiger partial charge in [0, 0.05) is 30.4 Å². The summed E-state index contributed by atoms with van der Waals surface area (Å²) in [5.41, 5.74) is 2.03. The summed E-state index contributed by atoms with van der Waals surface area (Å²) in [7, 11) is 0. The number of aromatic nitrogens is 2. The Hall–Kier alpha value is -3.91. The van der Waals surface area contributed by atoms with Crippen molar-refractivity contribution < 1.29 is 27.8 Å². The molecule has 0 spiro atoms. The number of halogens is 3. The smallest absolute Gasteiger partial charge is 0.230 e. The Labute approximate surface area is 223 Å². The number of ether oxygens (including phenoxy) is 2. The molecule has 3 aromatic carbocycles. The molecular formula is C29H25ClF2N2O4. The summed E-state index contributed by atoms with van der Waals surface area (Å²) in [6.45, 7) is 3.87. The minimum absolute atomic E-state index is 0.00151. The van der Waals surface area contributed by atoms with Crippen LogP contribution >= 0.6 is 11.6 Å². The molecule has 0 bridgehead atoms. The van der Waals surface area contributed by atoms with Gasteiger partial charge in [-0.15, -0.1) is 0 Å². The maximum absolute atomic E-state index is 13.9. The van der Waals surface area contributed by atoms with E-state index in [4.69, 9.17) is 21.1 Å². The van der Waals surface area contributed by atoms with Crippen molar-refractivity contribution in [3.63, 3.8) is 0 Å². The van der Waals surface area contributed by atoms with Gasteiger partial charge in [-0.25, -0.2) is 18.7 Å². The van der Waals surface area contributed by atoms with Gasteiger partial charge in [0.05, 0.1) is 17.5 Å². The zero-order valence-electron chi connectivity index (χ0n) is 20.9. The van der Waals surface area contributed by atoms with Crippen molar-refractivity contribution >= 4 is 34.1 Å². The van der Waals surface area contributed by atoms with E-state index in [2.05, 4.69) is 9.97 Å². The molecule has 38 heavy (non-hydrogen) atoms. The fourth-order valence-electron chi connectivity index (χ4n) is 3.92. The van der Waals surface area contributed by atoms with Gasteiger partial charge in [-0.05, 0) is 73.4 Å². The number of carbonyl (C=O) groups is 2. The van der Waals surface area contributed by atoms with E-state index in [-0.39, 0.29) is 30.0 Å². The Kier molecular flexibility index (Phi) is 8.63. The van der Waals surface area contributed by atoms with E-state index in [9.17, 15) is 18.4 Å². The average molecular weight is 539 g/mol. The van der Waals surface area contributed by atoms with E-state index in [1.165, 1.54) is 6.33 Å². The van der Waals surface area contributed by atoms with Crippen molar-refractivity contribution in [3.8, 4) is 17.4 Å². The van der Waals surface area contributed by atoms with Crippen LogP contribution in [-0.2, 0) is 22.4 Å². The second-order valence-corrected chi connectivity index (χ2v) is 9.36. The molecule has 4 rings (SSSR count). The molecule has 0 fully saturated rings. The van der Waals surface area contributed by atoms with Crippen molar-refractivity contribution in [2.75, 3.05) is 6.61 Å². The first-order valence-electron chi connectivity index (χ1n) is 12.0. The van der Waals surface area contributed by atoms with E-state index in [1.807, 2.05) is 13.0 Å². The molecule has 0 aliphatic carbocycles. The predicted octanol–water partition coefficient (Wildman–Crippen LogP) is 6.76. The Morgan fingerprint density at radius 2 is 1.76 bits per heavy atom. The number of Topliss-reactive ketones (excluding diaryl/α,β-unsaturated/α-hetero) is 2. The molecule has 0 atom stereocenters. The molecule has 0 N–H and O–H groups in total. The SMILES string of the molecule is CC(=O)CCCOc1cc2ncnc(Oc3ccc(CC(=O)Cc4cc(F)ccc4F)c(Cl)c3)c2cc1C. The lowest BCUT2D eigenvalue weighted by molar-refractivity contribution is -0.118. The maximum Gasteiger partial charge on any atom is 0.230 e. The molecule has 6 nitrogen and oxygen atoms in total. The fraction of sp³-hybridized carbons (Fsp3) is 0.241. The van der Waals surface area contributed by atoms with Crippen LogP contribution in [0.25, 0.3) is 10.9 Å². The van der Waals surface area contributed by atoms with Crippen molar-refractivity contribution in [1.82, 2.24) is 9.97 Å². The average Bonchev–Trinajstić information content (AvgIpc) is 2.86. The summed E-state index contributed by atoms with van der Waals surface area (Å²) in [6, 6.07) is 11.6. The predicted molar refractivity (Wildman–Crippen MR) is 140 cm³/mol. The Balaban J connectivity index is 1.46. The summed E-state index contributed by atoms with van der Waals surface area (Å²) in [6.07, 6.45) is 2.20. The second-order valence-electron chi connectivity index (χ2n) is 8.95. The normalized spacial score (nSPS) is 11.0. The van der Waals surface area contributed by atoms with Crippen LogP contribution in [0.4, 0.5) is 8.78 Å². The number of hydrogen-bond donors (Lipinski definition) is 0. The first kappa shape index (κ1) is 27.1. The van der Waals surface area contributed by atoms with Crippen LogP contribution in [0.1, 0.15) is 36.5 Å². The van der Waals surface area contributed by atoms with E-state index in [1.54, 1.807) is 31.2 Å². The summed E-state index contributed by atoms with van der Waals surface area (Å²) in [4.78, 5) is 32.2. The minimum Gasteiger partial charge on any atom is -0.493 e. The molecule has 0 saturated heterocycles. The number of fused-ring (bicyclic) bond motifs is 1. The van der Waals surface area contributed by atoms with Gasteiger partial charge in [-0.2, -0.15) is 0 Å². The third kappa shape index (κ3) is 6.89. The van der Waals surface area contributed by atoms with Crippen LogP contribution in [0.5, 0.6) is 17.4 Å². The monoisotopic (exact) mass is 538 g/mol. The highest BCUT2D eigenvalue weighted by Gasteiger charge is 2.15. The molecule has 0 unspecified atom stereocenters. The lowest BCUT2D eigenvalue weighted by Crippen LogP contribution is -2.08. The highest BCUT2D eigenvalue weighted by molar-refractivity contribution is 6.31. The number of benzene rings is 3. The summed E-state index contributed by atoms with van der Waals surface area (Å²) in [5, 5.41) is 0.972. The van der Waals surface area contributed by atoms with Gasteiger partial charge in [0.2, 0.25) is 5.88 Å². The van der Waals surface area contributed by atoms with Crippen LogP contribution in [-0.4, -0.2) is 28.1 Å². The first-order chi connectivity index (χ1) is 18.2. The molecule has 0 saturated carbocycles. The highest BCUT2D eigenvalue weighted by Crippen LogP contribution is 2.33. The largest absolute Gasteiger partial charge is 0.493 e. The van der Waals surface area contributed by atoms with Crippen LogP contribution in [0, 0.1) is 18.6 Å². The lowest BCUT2D eigenvalue weighted by Gasteiger charge is -2.13. The number of aryl methyl sites for hydroxylation is 1. The van der Waals surface area contributed by atoms with Gasteiger partial charge in [0.15, 0.2) is 0 Å². The molecule has 196 valence electrons. The zero-order valence-corrected chi connectivity index (χ0v) is 21.6. The number of rotatable bonds is 11. The topological polar surface area (TPSA) is 78.4 Å². The second kappa shape index (κ2) is 12.1. The molecule has 4 aromatic rings. The maximum atomic E-state index is 13.9. The Morgan fingerprint density at radius 1 is 0.974 bits per heavy atom. The summed E-state index contributed by atoms with van der Waals surface area (Å²) >= 11 is 6.41. The number of hydrogen-bond acceptors (Lipinski definition) is 6. The molecule has 0 amide bonds. The molecule has 0 aliphatic rings.